The predicted molar refractivity (Wildman–Crippen MR) is 90.2 cm³/mol. The molecular formula is C16H18ClN3O2S. The molecule has 1 N–H and O–H groups in total. The van der Waals surface area contributed by atoms with Crippen LogP contribution in [0.15, 0.2) is 23.7 Å². The Bertz CT molecular complexity index is 666. The van der Waals surface area contributed by atoms with Crippen LogP contribution in [0, 0.1) is 6.92 Å². The Hall–Kier alpha value is -1.66. The van der Waals surface area contributed by atoms with E-state index in [4.69, 9.17) is 16.3 Å². The van der Waals surface area contributed by atoms with E-state index >= 15 is 0 Å². The van der Waals surface area contributed by atoms with Gasteiger partial charge in [0.1, 0.15) is 11.8 Å². The van der Waals surface area contributed by atoms with Gasteiger partial charge in [-0.3, -0.25) is 4.79 Å². The molecule has 1 aliphatic rings. The molecule has 1 saturated carbocycles. The van der Waals surface area contributed by atoms with Gasteiger partial charge in [0, 0.05) is 23.7 Å². The van der Waals surface area contributed by atoms with Crippen LogP contribution < -0.4 is 10.1 Å². The molecular weight excluding hydrogens is 334 g/mol. The van der Waals surface area contributed by atoms with Crippen LogP contribution in [0.5, 0.6) is 5.88 Å². The number of amides is 1. The maximum atomic E-state index is 12.1. The monoisotopic (exact) mass is 351 g/mol. The minimum Gasteiger partial charge on any atom is -0.474 e. The molecule has 0 radical (unpaired) electrons. The summed E-state index contributed by atoms with van der Waals surface area (Å²) < 4.78 is 5.86. The zero-order valence-corrected chi connectivity index (χ0v) is 14.4. The van der Waals surface area contributed by atoms with E-state index in [1.807, 2.05) is 6.92 Å². The highest BCUT2D eigenvalue weighted by atomic mass is 35.5. The molecule has 7 heteroatoms. The van der Waals surface area contributed by atoms with Crippen molar-refractivity contribution < 1.29 is 9.53 Å². The summed E-state index contributed by atoms with van der Waals surface area (Å²) in [5, 5.41) is 6.36. The van der Waals surface area contributed by atoms with Crippen molar-refractivity contribution in [3.8, 4) is 5.88 Å². The lowest BCUT2D eigenvalue weighted by molar-refractivity contribution is 0.0886. The molecule has 0 aliphatic heterocycles. The predicted octanol–water partition coefficient (Wildman–Crippen LogP) is 3.62. The first-order valence-electron chi connectivity index (χ1n) is 7.61. The summed E-state index contributed by atoms with van der Waals surface area (Å²) in [7, 11) is 0. The van der Waals surface area contributed by atoms with Crippen LogP contribution in [0.3, 0.4) is 0 Å². The second-order valence-electron chi connectivity index (χ2n) is 5.63. The molecule has 0 saturated heterocycles. The van der Waals surface area contributed by atoms with Crippen molar-refractivity contribution in [2.75, 3.05) is 0 Å². The molecule has 2 aromatic rings. The van der Waals surface area contributed by atoms with E-state index in [9.17, 15) is 4.79 Å². The summed E-state index contributed by atoms with van der Waals surface area (Å²) in [5.41, 5.74) is 0.510. The van der Waals surface area contributed by atoms with E-state index in [0.29, 0.717) is 16.6 Å². The number of thiazole rings is 1. The Kier molecular flexibility index (Phi) is 5.13. The molecule has 2 aromatic heterocycles. The first kappa shape index (κ1) is 16.2. The number of nitrogens with one attached hydrogen (secondary N) is 1. The molecule has 0 aromatic carbocycles. The quantitative estimate of drug-likeness (QED) is 0.913. The molecule has 0 unspecified atom stereocenters. The third kappa shape index (κ3) is 4.42. The van der Waals surface area contributed by atoms with Gasteiger partial charge < -0.3 is 10.1 Å². The Morgan fingerprint density at radius 1 is 1.35 bits per heavy atom. The van der Waals surface area contributed by atoms with E-state index in [-0.39, 0.29) is 18.1 Å². The van der Waals surface area contributed by atoms with E-state index in [1.54, 1.807) is 23.7 Å². The minimum absolute atomic E-state index is 0.0851. The molecule has 1 aliphatic carbocycles. The standard InChI is InChI=1S/C16H18ClN3O2S/c1-10-19-14(9-23-10)16(21)20-12-3-5-13(6-4-12)22-15-7-2-11(17)8-18-15/h2,7-9,12-13H,3-6H2,1H3,(H,20,21). The maximum absolute atomic E-state index is 12.1. The molecule has 0 atom stereocenters. The Balaban J connectivity index is 1.46. The molecule has 0 bridgehead atoms. The van der Waals surface area contributed by atoms with Gasteiger partial charge in [0.15, 0.2) is 0 Å². The van der Waals surface area contributed by atoms with E-state index in [2.05, 4.69) is 15.3 Å². The van der Waals surface area contributed by atoms with Crippen LogP contribution in [0.1, 0.15) is 41.2 Å². The minimum atomic E-state index is -0.0851. The zero-order valence-electron chi connectivity index (χ0n) is 12.8. The summed E-state index contributed by atoms with van der Waals surface area (Å²) in [5.74, 6) is 0.512. The Labute approximate surface area is 144 Å². The van der Waals surface area contributed by atoms with Gasteiger partial charge in [-0.1, -0.05) is 11.6 Å². The van der Waals surface area contributed by atoms with Crippen molar-refractivity contribution >= 4 is 28.8 Å². The number of rotatable bonds is 4. The number of carbonyl (C=O) groups is 1. The molecule has 2 heterocycles. The maximum Gasteiger partial charge on any atom is 0.270 e. The second kappa shape index (κ2) is 7.27. The SMILES string of the molecule is Cc1nc(C(=O)NC2CCC(Oc3ccc(Cl)cn3)CC2)cs1. The van der Waals surface area contributed by atoms with Crippen molar-refractivity contribution in [2.24, 2.45) is 0 Å². The second-order valence-corrected chi connectivity index (χ2v) is 7.13. The summed E-state index contributed by atoms with van der Waals surface area (Å²) in [6.45, 7) is 1.90. The zero-order chi connectivity index (χ0) is 16.2. The topological polar surface area (TPSA) is 64.1 Å². The van der Waals surface area contributed by atoms with Crippen molar-refractivity contribution in [1.29, 1.82) is 0 Å². The van der Waals surface area contributed by atoms with Crippen molar-refractivity contribution in [2.45, 2.75) is 44.8 Å². The van der Waals surface area contributed by atoms with Crippen molar-refractivity contribution in [1.82, 2.24) is 15.3 Å². The largest absolute Gasteiger partial charge is 0.474 e. The Morgan fingerprint density at radius 3 is 2.74 bits per heavy atom. The number of carbonyl (C=O) groups excluding carboxylic acids is 1. The van der Waals surface area contributed by atoms with Gasteiger partial charge in [0.05, 0.1) is 10.0 Å². The molecule has 0 spiro atoms. The molecule has 1 fully saturated rings. The van der Waals surface area contributed by atoms with Gasteiger partial charge in [0.2, 0.25) is 5.88 Å². The smallest absolute Gasteiger partial charge is 0.270 e. The lowest BCUT2D eigenvalue weighted by atomic mass is 9.93. The van der Waals surface area contributed by atoms with Crippen LogP contribution in [0.25, 0.3) is 0 Å². The van der Waals surface area contributed by atoms with Crippen LogP contribution >= 0.6 is 22.9 Å². The van der Waals surface area contributed by atoms with Crippen LogP contribution in [-0.4, -0.2) is 28.0 Å². The van der Waals surface area contributed by atoms with Gasteiger partial charge in [-0.05, 0) is 38.7 Å². The van der Waals surface area contributed by atoms with E-state index < -0.39 is 0 Å². The normalized spacial score (nSPS) is 21.0. The first-order chi connectivity index (χ1) is 11.1. The van der Waals surface area contributed by atoms with Crippen molar-refractivity contribution in [3.05, 3.63) is 39.4 Å². The first-order valence-corrected chi connectivity index (χ1v) is 8.87. The van der Waals surface area contributed by atoms with E-state index in [1.165, 1.54) is 11.3 Å². The summed E-state index contributed by atoms with van der Waals surface area (Å²) in [6, 6.07) is 3.73. The number of ether oxygens (including phenoxy) is 1. The summed E-state index contributed by atoms with van der Waals surface area (Å²) >= 11 is 7.30. The summed E-state index contributed by atoms with van der Waals surface area (Å²) in [6.07, 6.45) is 5.30. The van der Waals surface area contributed by atoms with Gasteiger partial charge in [0.25, 0.3) is 5.91 Å². The van der Waals surface area contributed by atoms with Crippen molar-refractivity contribution in [3.63, 3.8) is 0 Å². The number of nitrogens with zero attached hydrogens (tertiary/aromatic N) is 2. The number of hydrogen-bond acceptors (Lipinski definition) is 5. The highest BCUT2D eigenvalue weighted by Gasteiger charge is 2.24. The molecule has 122 valence electrons. The fourth-order valence-corrected chi connectivity index (χ4v) is 3.36. The molecule has 3 rings (SSSR count). The van der Waals surface area contributed by atoms with Gasteiger partial charge in [-0.2, -0.15) is 0 Å². The third-order valence-corrected chi connectivity index (χ3v) is 4.85. The average molecular weight is 352 g/mol. The van der Waals surface area contributed by atoms with Gasteiger partial charge >= 0.3 is 0 Å². The van der Waals surface area contributed by atoms with Crippen LogP contribution in [0.2, 0.25) is 5.02 Å². The molecule has 1 amide bonds. The highest BCUT2D eigenvalue weighted by molar-refractivity contribution is 7.09. The molecule has 5 nitrogen and oxygen atoms in total. The van der Waals surface area contributed by atoms with Crippen LogP contribution in [0.4, 0.5) is 0 Å². The number of hydrogen-bond donors (Lipinski definition) is 1. The fraction of sp³-hybridized carbons (Fsp3) is 0.438. The number of halogens is 1. The van der Waals surface area contributed by atoms with Crippen LogP contribution in [-0.2, 0) is 0 Å². The number of aryl methyl sites for hydroxylation is 1. The highest BCUT2D eigenvalue weighted by Crippen LogP contribution is 2.23. The Morgan fingerprint density at radius 2 is 2.13 bits per heavy atom. The average Bonchev–Trinajstić information content (AvgIpc) is 2.98. The third-order valence-electron chi connectivity index (χ3n) is 3.85. The number of pyridine rings is 1. The summed E-state index contributed by atoms with van der Waals surface area (Å²) in [4.78, 5) is 20.5. The lowest BCUT2D eigenvalue weighted by Crippen LogP contribution is -2.39. The lowest BCUT2D eigenvalue weighted by Gasteiger charge is -2.29. The molecule has 23 heavy (non-hydrogen) atoms. The van der Waals surface area contributed by atoms with Gasteiger partial charge in [-0.15, -0.1) is 11.3 Å². The number of aromatic nitrogens is 2. The van der Waals surface area contributed by atoms with Gasteiger partial charge in [-0.25, -0.2) is 9.97 Å². The fourth-order valence-electron chi connectivity index (χ4n) is 2.65. The van der Waals surface area contributed by atoms with E-state index in [0.717, 1.165) is 30.7 Å².